The minimum atomic E-state index is -3.67. The van der Waals surface area contributed by atoms with Gasteiger partial charge in [0.15, 0.2) is 0 Å². The fraction of sp³-hybridized carbons (Fsp3) is 0.292. The Labute approximate surface area is 183 Å². The highest BCUT2D eigenvalue weighted by Gasteiger charge is 2.24. The summed E-state index contributed by atoms with van der Waals surface area (Å²) < 4.78 is 31.6. The Kier molecular flexibility index (Phi) is 6.85. The first-order chi connectivity index (χ1) is 14.7. The van der Waals surface area contributed by atoms with E-state index in [4.69, 9.17) is 4.74 Å². The molecule has 0 bridgehead atoms. The predicted molar refractivity (Wildman–Crippen MR) is 125 cm³/mol. The van der Waals surface area contributed by atoms with Gasteiger partial charge in [0.25, 0.3) is 0 Å². The lowest BCUT2D eigenvalue weighted by Gasteiger charge is -2.25. The van der Waals surface area contributed by atoms with Crippen LogP contribution in [0.15, 0.2) is 60.7 Å². The molecule has 0 fully saturated rings. The molecule has 164 valence electrons. The van der Waals surface area contributed by atoms with Gasteiger partial charge < -0.3 is 10.1 Å². The Morgan fingerprint density at radius 2 is 1.81 bits per heavy atom. The standard InChI is InChI=1S/C24H28N2O4S/c1-5-21(19-13-14-23(30-3)17(2)15-19)25-24(27)16-26(31(4,28)29)22-12-8-10-18-9-6-7-11-20(18)22/h6-15,21H,5,16H2,1-4H3,(H,25,27)/t21-/m0/s1. The van der Waals surface area contributed by atoms with E-state index in [0.29, 0.717) is 12.1 Å². The van der Waals surface area contributed by atoms with Crippen LogP contribution < -0.4 is 14.4 Å². The normalized spacial score (nSPS) is 12.4. The van der Waals surface area contributed by atoms with Gasteiger partial charge in [-0.3, -0.25) is 9.10 Å². The van der Waals surface area contributed by atoms with E-state index in [1.54, 1.807) is 19.2 Å². The lowest BCUT2D eigenvalue weighted by atomic mass is 10.0. The van der Waals surface area contributed by atoms with Crippen LogP contribution in [0.5, 0.6) is 5.75 Å². The first kappa shape index (κ1) is 22.6. The summed E-state index contributed by atoms with van der Waals surface area (Å²) in [5.74, 6) is 0.419. The number of sulfonamides is 1. The lowest BCUT2D eigenvalue weighted by molar-refractivity contribution is -0.120. The predicted octanol–water partition coefficient (Wildman–Crippen LogP) is 4.19. The van der Waals surface area contributed by atoms with Crippen LogP contribution in [0.25, 0.3) is 10.8 Å². The molecule has 0 aliphatic heterocycles. The minimum Gasteiger partial charge on any atom is -0.496 e. The van der Waals surface area contributed by atoms with Gasteiger partial charge in [0, 0.05) is 5.39 Å². The summed E-state index contributed by atoms with van der Waals surface area (Å²) in [5.41, 5.74) is 2.41. The molecule has 3 rings (SSSR count). The zero-order valence-electron chi connectivity index (χ0n) is 18.3. The minimum absolute atomic E-state index is 0.231. The highest BCUT2D eigenvalue weighted by Crippen LogP contribution is 2.29. The molecule has 6 nitrogen and oxygen atoms in total. The van der Waals surface area contributed by atoms with Crippen LogP contribution in [0.1, 0.15) is 30.5 Å². The van der Waals surface area contributed by atoms with Gasteiger partial charge in [-0.15, -0.1) is 0 Å². The van der Waals surface area contributed by atoms with E-state index in [1.165, 1.54) is 0 Å². The Bertz CT molecular complexity index is 1190. The highest BCUT2D eigenvalue weighted by molar-refractivity contribution is 7.92. The van der Waals surface area contributed by atoms with Crippen LogP contribution in [-0.4, -0.2) is 34.2 Å². The van der Waals surface area contributed by atoms with E-state index in [2.05, 4.69) is 5.32 Å². The summed E-state index contributed by atoms with van der Waals surface area (Å²) in [5, 5.41) is 4.67. The highest BCUT2D eigenvalue weighted by atomic mass is 32.2. The average molecular weight is 441 g/mol. The number of methoxy groups -OCH3 is 1. The second-order valence-corrected chi connectivity index (χ2v) is 9.43. The van der Waals surface area contributed by atoms with Crippen molar-refractivity contribution in [2.24, 2.45) is 0 Å². The first-order valence-electron chi connectivity index (χ1n) is 10.1. The van der Waals surface area contributed by atoms with Crippen molar-refractivity contribution < 1.29 is 17.9 Å². The molecule has 7 heteroatoms. The lowest BCUT2D eigenvalue weighted by Crippen LogP contribution is -2.41. The fourth-order valence-electron chi connectivity index (χ4n) is 3.72. The maximum absolute atomic E-state index is 12.9. The number of nitrogens with one attached hydrogen (secondary N) is 1. The molecule has 0 spiro atoms. The average Bonchev–Trinajstić information content (AvgIpc) is 2.74. The van der Waals surface area contributed by atoms with E-state index >= 15 is 0 Å². The third kappa shape index (κ3) is 5.17. The van der Waals surface area contributed by atoms with Gasteiger partial charge in [0.2, 0.25) is 15.9 Å². The van der Waals surface area contributed by atoms with Gasteiger partial charge in [-0.25, -0.2) is 8.42 Å². The first-order valence-corrected chi connectivity index (χ1v) is 12.0. The molecule has 1 amide bonds. The summed E-state index contributed by atoms with van der Waals surface area (Å²) in [7, 11) is -2.05. The van der Waals surface area contributed by atoms with E-state index in [0.717, 1.165) is 38.2 Å². The molecule has 3 aromatic carbocycles. The second kappa shape index (κ2) is 9.39. The molecule has 1 N–H and O–H groups in total. The van der Waals surface area contributed by atoms with Crippen molar-refractivity contribution in [2.45, 2.75) is 26.3 Å². The van der Waals surface area contributed by atoms with Crippen molar-refractivity contribution in [1.82, 2.24) is 5.32 Å². The van der Waals surface area contributed by atoms with E-state index in [1.807, 2.05) is 62.4 Å². The van der Waals surface area contributed by atoms with Crippen LogP contribution in [0.4, 0.5) is 5.69 Å². The number of hydrogen-bond acceptors (Lipinski definition) is 4. The number of carbonyl (C=O) groups is 1. The Morgan fingerprint density at radius 3 is 2.45 bits per heavy atom. The third-order valence-corrected chi connectivity index (χ3v) is 6.41. The molecule has 31 heavy (non-hydrogen) atoms. The van der Waals surface area contributed by atoms with Gasteiger partial charge in [-0.1, -0.05) is 55.5 Å². The van der Waals surface area contributed by atoms with Gasteiger partial charge in [-0.2, -0.15) is 0 Å². The maximum Gasteiger partial charge on any atom is 0.241 e. The van der Waals surface area contributed by atoms with Crippen molar-refractivity contribution in [3.05, 3.63) is 71.8 Å². The van der Waals surface area contributed by atoms with Crippen LogP contribution in [-0.2, 0) is 14.8 Å². The van der Waals surface area contributed by atoms with Crippen LogP contribution in [0.3, 0.4) is 0 Å². The van der Waals surface area contributed by atoms with Gasteiger partial charge in [0.1, 0.15) is 12.3 Å². The number of aryl methyl sites for hydroxylation is 1. The van der Waals surface area contributed by atoms with Gasteiger partial charge in [0.05, 0.1) is 25.1 Å². The van der Waals surface area contributed by atoms with Crippen molar-refractivity contribution in [2.75, 3.05) is 24.2 Å². The van der Waals surface area contributed by atoms with E-state index < -0.39 is 10.0 Å². The molecule has 0 heterocycles. The Balaban J connectivity index is 1.87. The molecule has 0 radical (unpaired) electrons. The van der Waals surface area contributed by atoms with Crippen LogP contribution in [0, 0.1) is 6.92 Å². The smallest absolute Gasteiger partial charge is 0.241 e. The van der Waals surface area contributed by atoms with Gasteiger partial charge >= 0.3 is 0 Å². The number of amides is 1. The number of hydrogen-bond donors (Lipinski definition) is 1. The summed E-state index contributed by atoms with van der Waals surface area (Å²) >= 11 is 0. The monoisotopic (exact) mass is 440 g/mol. The van der Waals surface area contributed by atoms with Crippen LogP contribution >= 0.6 is 0 Å². The molecule has 3 aromatic rings. The SMILES string of the molecule is CC[C@H](NC(=O)CN(c1cccc2ccccc12)S(C)(=O)=O)c1ccc(OC)c(C)c1. The van der Waals surface area contributed by atoms with Gasteiger partial charge in [-0.05, 0) is 42.0 Å². The maximum atomic E-state index is 12.9. The number of benzene rings is 3. The number of fused-ring (bicyclic) bond motifs is 1. The van der Waals surface area contributed by atoms with Crippen LogP contribution in [0.2, 0.25) is 0 Å². The zero-order chi connectivity index (χ0) is 22.6. The number of nitrogens with zero attached hydrogens (tertiary/aromatic N) is 1. The molecule has 0 aromatic heterocycles. The van der Waals surface area contributed by atoms with Crippen molar-refractivity contribution in [3.63, 3.8) is 0 Å². The topological polar surface area (TPSA) is 75.7 Å². The molecule has 1 atom stereocenters. The fourth-order valence-corrected chi connectivity index (χ4v) is 4.59. The largest absolute Gasteiger partial charge is 0.496 e. The number of rotatable bonds is 8. The van der Waals surface area contributed by atoms with Crippen molar-refractivity contribution >= 4 is 32.4 Å². The molecule has 0 saturated heterocycles. The molecule has 0 aliphatic carbocycles. The second-order valence-electron chi connectivity index (χ2n) is 7.53. The quantitative estimate of drug-likeness (QED) is 0.570. The van der Waals surface area contributed by atoms with Crippen molar-refractivity contribution in [1.29, 1.82) is 0 Å². The summed E-state index contributed by atoms with van der Waals surface area (Å²) in [6.07, 6.45) is 1.79. The molecular formula is C24H28N2O4S. The molecule has 0 unspecified atom stereocenters. The summed E-state index contributed by atoms with van der Waals surface area (Å²) in [6, 6.07) is 18.5. The van der Waals surface area contributed by atoms with Crippen molar-refractivity contribution in [3.8, 4) is 5.75 Å². The van der Waals surface area contributed by atoms with E-state index in [9.17, 15) is 13.2 Å². The molecular weight excluding hydrogens is 412 g/mol. The number of carbonyl (C=O) groups excluding carboxylic acids is 1. The number of anilines is 1. The zero-order valence-corrected chi connectivity index (χ0v) is 19.1. The number of ether oxygens (including phenoxy) is 1. The van der Waals surface area contributed by atoms with E-state index in [-0.39, 0.29) is 18.5 Å². The summed E-state index contributed by atoms with van der Waals surface area (Å²) in [6.45, 7) is 3.63. The third-order valence-electron chi connectivity index (χ3n) is 5.29. The summed E-state index contributed by atoms with van der Waals surface area (Å²) in [4.78, 5) is 12.9. The Hall–Kier alpha value is -3.06. The molecule has 0 saturated carbocycles. The molecule has 0 aliphatic rings. The Morgan fingerprint density at radius 1 is 1.10 bits per heavy atom.